The van der Waals surface area contributed by atoms with Gasteiger partial charge >= 0.3 is 0 Å². The lowest BCUT2D eigenvalue weighted by Crippen LogP contribution is -2.41. The van der Waals surface area contributed by atoms with E-state index in [0.717, 1.165) is 32.6 Å². The van der Waals surface area contributed by atoms with E-state index in [-0.39, 0.29) is 24.8 Å². The van der Waals surface area contributed by atoms with Gasteiger partial charge in [-0.05, 0) is 57.8 Å². The van der Waals surface area contributed by atoms with Crippen LogP contribution in [-0.4, -0.2) is 61.0 Å². The summed E-state index contributed by atoms with van der Waals surface area (Å²) in [6, 6.07) is 0.644. The molecule has 3 rings (SSSR count). The third-order valence-corrected chi connectivity index (χ3v) is 5.05. The number of likely N-dealkylation sites (tertiary alicyclic amines) is 2. The second-order valence-electron chi connectivity index (χ2n) is 6.44. The Hall–Kier alpha value is -0.0300. The van der Waals surface area contributed by atoms with E-state index in [1.165, 1.54) is 45.2 Å². The molecular weight excluding hydrogens is 309 g/mol. The topological polar surface area (TPSA) is 35.6 Å². The van der Waals surface area contributed by atoms with Gasteiger partial charge in [-0.15, -0.1) is 24.8 Å². The highest BCUT2D eigenvalue weighted by atomic mass is 35.5. The zero-order valence-corrected chi connectivity index (χ0v) is 14.4. The summed E-state index contributed by atoms with van der Waals surface area (Å²) in [4.78, 5) is 17.1. The van der Waals surface area contributed by atoms with Crippen molar-refractivity contribution in [3.8, 4) is 0 Å². The molecule has 6 heteroatoms. The molecule has 3 saturated heterocycles. The number of halogens is 2. The molecule has 1 amide bonds. The number of carbonyl (C=O) groups excluding carboxylic acids is 1. The first-order chi connectivity index (χ1) is 9.33. The monoisotopic (exact) mass is 337 g/mol. The maximum absolute atomic E-state index is 12.3. The SMILES string of the molecule is Cl.Cl.O=C(CC1CCNC1)N1CCC(N2CCCCC2)C1. The molecule has 3 aliphatic rings. The van der Waals surface area contributed by atoms with Gasteiger partial charge < -0.3 is 10.2 Å². The molecule has 4 nitrogen and oxygen atoms in total. The lowest BCUT2D eigenvalue weighted by atomic mass is 10.0. The molecule has 124 valence electrons. The summed E-state index contributed by atoms with van der Waals surface area (Å²) in [5.74, 6) is 0.981. The van der Waals surface area contributed by atoms with Crippen LogP contribution < -0.4 is 5.32 Å². The van der Waals surface area contributed by atoms with Crippen LogP contribution in [0.3, 0.4) is 0 Å². The molecule has 0 aliphatic carbocycles. The first-order valence-electron chi connectivity index (χ1n) is 8.05. The number of carbonyl (C=O) groups is 1. The standard InChI is InChI=1S/C15H27N3O.2ClH/c19-15(10-13-4-6-16-11-13)18-9-5-14(12-18)17-7-2-1-3-8-17;;/h13-14,16H,1-12H2;2*1H. The van der Waals surface area contributed by atoms with Gasteiger partial charge in [0, 0.05) is 25.6 Å². The molecule has 3 fully saturated rings. The molecule has 0 radical (unpaired) electrons. The van der Waals surface area contributed by atoms with Gasteiger partial charge in [0.25, 0.3) is 0 Å². The number of piperidine rings is 1. The van der Waals surface area contributed by atoms with E-state index in [1.807, 2.05) is 0 Å². The van der Waals surface area contributed by atoms with Gasteiger partial charge in [0.2, 0.25) is 5.91 Å². The highest BCUT2D eigenvalue weighted by Crippen LogP contribution is 2.22. The molecule has 0 bridgehead atoms. The van der Waals surface area contributed by atoms with Crippen molar-refractivity contribution in [2.75, 3.05) is 39.3 Å². The average molecular weight is 338 g/mol. The van der Waals surface area contributed by atoms with E-state index < -0.39 is 0 Å². The predicted molar refractivity (Wildman–Crippen MR) is 90.5 cm³/mol. The molecule has 2 unspecified atom stereocenters. The first kappa shape index (κ1) is 19.0. The zero-order chi connectivity index (χ0) is 13.1. The summed E-state index contributed by atoms with van der Waals surface area (Å²) in [5, 5.41) is 3.35. The first-order valence-corrected chi connectivity index (χ1v) is 8.05. The van der Waals surface area contributed by atoms with Crippen LogP contribution in [0.4, 0.5) is 0 Å². The van der Waals surface area contributed by atoms with E-state index in [0.29, 0.717) is 17.9 Å². The van der Waals surface area contributed by atoms with Gasteiger partial charge in [0.1, 0.15) is 0 Å². The third-order valence-electron chi connectivity index (χ3n) is 5.05. The van der Waals surface area contributed by atoms with Gasteiger partial charge in [-0.2, -0.15) is 0 Å². The fourth-order valence-electron chi connectivity index (χ4n) is 3.81. The number of nitrogens with one attached hydrogen (secondary N) is 1. The van der Waals surface area contributed by atoms with Crippen molar-refractivity contribution < 1.29 is 4.79 Å². The molecule has 2 atom stereocenters. The Balaban J connectivity index is 0.00000110. The van der Waals surface area contributed by atoms with E-state index in [2.05, 4.69) is 15.1 Å². The summed E-state index contributed by atoms with van der Waals surface area (Å²) >= 11 is 0. The highest BCUT2D eigenvalue weighted by Gasteiger charge is 2.31. The van der Waals surface area contributed by atoms with Crippen molar-refractivity contribution in [2.45, 2.75) is 44.6 Å². The summed E-state index contributed by atoms with van der Waals surface area (Å²) in [5.41, 5.74) is 0. The van der Waals surface area contributed by atoms with E-state index in [4.69, 9.17) is 0 Å². The Morgan fingerprint density at radius 2 is 1.81 bits per heavy atom. The number of hydrogen-bond acceptors (Lipinski definition) is 3. The van der Waals surface area contributed by atoms with E-state index in [1.54, 1.807) is 0 Å². The number of hydrogen-bond donors (Lipinski definition) is 1. The Morgan fingerprint density at radius 1 is 1.05 bits per heavy atom. The number of rotatable bonds is 3. The fourth-order valence-corrected chi connectivity index (χ4v) is 3.81. The zero-order valence-electron chi connectivity index (χ0n) is 12.8. The summed E-state index contributed by atoms with van der Waals surface area (Å²) in [7, 11) is 0. The Bertz CT molecular complexity index is 318. The normalized spacial score (nSPS) is 29.8. The van der Waals surface area contributed by atoms with Crippen LogP contribution in [0.5, 0.6) is 0 Å². The van der Waals surface area contributed by atoms with Gasteiger partial charge in [0.05, 0.1) is 0 Å². The van der Waals surface area contributed by atoms with Crippen molar-refractivity contribution in [2.24, 2.45) is 5.92 Å². The van der Waals surface area contributed by atoms with Crippen LogP contribution in [0.2, 0.25) is 0 Å². The highest BCUT2D eigenvalue weighted by molar-refractivity contribution is 5.85. The minimum absolute atomic E-state index is 0. The van der Waals surface area contributed by atoms with Crippen molar-refractivity contribution >= 4 is 30.7 Å². The minimum Gasteiger partial charge on any atom is -0.341 e. The molecule has 0 aromatic heterocycles. The molecule has 3 heterocycles. The third kappa shape index (κ3) is 4.98. The van der Waals surface area contributed by atoms with Gasteiger partial charge in [-0.3, -0.25) is 9.69 Å². The maximum Gasteiger partial charge on any atom is 0.222 e. The average Bonchev–Trinajstić information content (AvgIpc) is 3.10. The number of nitrogens with zero attached hydrogens (tertiary/aromatic N) is 2. The second-order valence-corrected chi connectivity index (χ2v) is 6.44. The minimum atomic E-state index is 0. The van der Waals surface area contributed by atoms with Crippen LogP contribution >= 0.6 is 24.8 Å². The molecule has 21 heavy (non-hydrogen) atoms. The molecule has 0 saturated carbocycles. The van der Waals surface area contributed by atoms with Crippen molar-refractivity contribution in [1.82, 2.24) is 15.1 Å². The van der Waals surface area contributed by atoms with Crippen LogP contribution in [-0.2, 0) is 4.79 Å². The number of amides is 1. The summed E-state index contributed by atoms with van der Waals surface area (Å²) in [6.07, 6.45) is 7.21. The lowest BCUT2D eigenvalue weighted by Gasteiger charge is -2.32. The fraction of sp³-hybridized carbons (Fsp3) is 0.933. The van der Waals surface area contributed by atoms with Gasteiger partial charge in [-0.25, -0.2) is 0 Å². The lowest BCUT2D eigenvalue weighted by molar-refractivity contribution is -0.131. The maximum atomic E-state index is 12.3. The quantitative estimate of drug-likeness (QED) is 0.854. The predicted octanol–water partition coefficient (Wildman–Crippen LogP) is 1.92. The Labute approximate surface area is 140 Å². The Kier molecular flexibility index (Phi) is 8.32. The molecule has 0 aromatic rings. The van der Waals surface area contributed by atoms with E-state index in [9.17, 15) is 4.79 Å². The molecule has 0 aromatic carbocycles. The molecule has 3 aliphatic heterocycles. The van der Waals surface area contributed by atoms with E-state index >= 15 is 0 Å². The molecule has 0 spiro atoms. The summed E-state index contributed by atoms with van der Waals surface area (Å²) < 4.78 is 0. The van der Waals surface area contributed by atoms with Crippen LogP contribution in [0.1, 0.15) is 38.5 Å². The van der Waals surface area contributed by atoms with Crippen molar-refractivity contribution in [3.63, 3.8) is 0 Å². The van der Waals surface area contributed by atoms with Crippen LogP contribution in [0.25, 0.3) is 0 Å². The van der Waals surface area contributed by atoms with Gasteiger partial charge in [-0.1, -0.05) is 6.42 Å². The van der Waals surface area contributed by atoms with Crippen LogP contribution in [0.15, 0.2) is 0 Å². The van der Waals surface area contributed by atoms with Crippen LogP contribution in [0, 0.1) is 5.92 Å². The van der Waals surface area contributed by atoms with Crippen molar-refractivity contribution in [3.05, 3.63) is 0 Å². The largest absolute Gasteiger partial charge is 0.341 e. The summed E-state index contributed by atoms with van der Waals surface area (Å²) in [6.45, 7) is 6.60. The van der Waals surface area contributed by atoms with Gasteiger partial charge in [0.15, 0.2) is 0 Å². The molecular formula is C15H29Cl2N3O. The van der Waals surface area contributed by atoms with Crippen molar-refractivity contribution in [1.29, 1.82) is 0 Å². The molecule has 1 N–H and O–H groups in total. The smallest absolute Gasteiger partial charge is 0.222 e. The Morgan fingerprint density at radius 3 is 2.48 bits per heavy atom. The second kappa shape index (κ2) is 9.19.